The van der Waals surface area contributed by atoms with Crippen LogP contribution in [0.25, 0.3) is 0 Å². The van der Waals surface area contributed by atoms with Crippen molar-refractivity contribution < 1.29 is 18.9 Å². The molecule has 1 atom stereocenters. The van der Waals surface area contributed by atoms with Gasteiger partial charge in [0.25, 0.3) is 5.69 Å². The van der Waals surface area contributed by atoms with Crippen molar-refractivity contribution in [2.75, 3.05) is 0 Å². The molecule has 0 saturated carbocycles. The Bertz CT molecular complexity index is 352. The highest BCUT2D eigenvalue weighted by Crippen LogP contribution is 2.17. The maximum absolute atomic E-state index is 10.2. The molecule has 0 aromatic carbocycles. The molecule has 0 bridgehead atoms. The summed E-state index contributed by atoms with van der Waals surface area (Å²) in [7, 11) is -2.98. The lowest BCUT2D eigenvalue weighted by atomic mass is 10.3. The van der Waals surface area contributed by atoms with Crippen LogP contribution < -0.4 is 0 Å². The number of rotatable bonds is 4. The summed E-state index contributed by atoms with van der Waals surface area (Å²) in [6.07, 6.45) is 1.06. The van der Waals surface area contributed by atoms with Crippen molar-refractivity contribution in [1.29, 1.82) is 0 Å². The van der Waals surface area contributed by atoms with E-state index in [1.54, 1.807) is 0 Å². The summed E-state index contributed by atoms with van der Waals surface area (Å²) in [6, 6.07) is 2.61. The summed E-state index contributed by atoms with van der Waals surface area (Å²) in [5.41, 5.74) is 0.230. The first kappa shape index (κ1) is 10.8. The second-order valence-corrected chi connectivity index (χ2v) is 3.14. The molecule has 0 aliphatic heterocycles. The Kier molecular flexibility index (Phi) is 3.70. The lowest BCUT2D eigenvalue weighted by Crippen LogP contribution is -1.93. The van der Waals surface area contributed by atoms with E-state index in [1.807, 2.05) is 0 Å². The molecule has 0 amide bonds. The summed E-state index contributed by atoms with van der Waals surface area (Å²) in [6.45, 7) is -0.133. The maximum Gasteiger partial charge on any atom is 0.316 e. The Morgan fingerprint density at radius 1 is 1.64 bits per heavy atom. The number of nitro groups is 1. The van der Waals surface area contributed by atoms with E-state index in [-0.39, 0.29) is 12.3 Å². The SMILES string of the molecule is O=[N+]([O-])c1ccc(CO[PH](=O)O)nc1. The highest BCUT2D eigenvalue weighted by Gasteiger charge is 2.05. The molecule has 0 radical (unpaired) electrons. The molecule has 0 fully saturated rings. The van der Waals surface area contributed by atoms with Gasteiger partial charge < -0.3 is 9.42 Å². The van der Waals surface area contributed by atoms with Crippen LogP contribution in [0.2, 0.25) is 0 Å². The summed E-state index contributed by atoms with van der Waals surface area (Å²) >= 11 is 0. The van der Waals surface area contributed by atoms with Crippen molar-refractivity contribution >= 4 is 13.9 Å². The zero-order valence-electron chi connectivity index (χ0n) is 6.91. The predicted molar refractivity (Wildman–Crippen MR) is 46.9 cm³/mol. The van der Waals surface area contributed by atoms with Crippen LogP contribution in [0.3, 0.4) is 0 Å². The summed E-state index contributed by atoms with van der Waals surface area (Å²) in [5, 5.41) is 10.2. The fourth-order valence-electron chi connectivity index (χ4n) is 0.746. The third kappa shape index (κ3) is 3.21. The molecule has 0 aliphatic rings. The second-order valence-electron chi connectivity index (χ2n) is 2.32. The Morgan fingerprint density at radius 2 is 2.36 bits per heavy atom. The number of hydrogen-bond donors (Lipinski definition) is 1. The molecule has 0 saturated heterocycles. The van der Waals surface area contributed by atoms with E-state index in [1.165, 1.54) is 12.1 Å². The smallest absolute Gasteiger partial charge is 0.316 e. The van der Waals surface area contributed by atoms with Crippen molar-refractivity contribution in [2.45, 2.75) is 6.61 Å². The van der Waals surface area contributed by atoms with Crippen molar-refractivity contribution in [1.82, 2.24) is 4.98 Å². The second kappa shape index (κ2) is 4.80. The van der Waals surface area contributed by atoms with Gasteiger partial charge in [0.2, 0.25) is 0 Å². The molecule has 14 heavy (non-hydrogen) atoms. The number of pyridine rings is 1. The van der Waals surface area contributed by atoms with Gasteiger partial charge in [-0.25, -0.2) is 0 Å². The normalized spacial score (nSPS) is 12.4. The van der Waals surface area contributed by atoms with E-state index in [9.17, 15) is 14.7 Å². The van der Waals surface area contributed by atoms with Crippen molar-refractivity contribution in [3.05, 3.63) is 34.1 Å². The summed E-state index contributed by atoms with van der Waals surface area (Å²) in [5.74, 6) is 0. The van der Waals surface area contributed by atoms with E-state index in [2.05, 4.69) is 9.51 Å². The zero-order valence-corrected chi connectivity index (χ0v) is 7.91. The van der Waals surface area contributed by atoms with Gasteiger partial charge in [-0.15, -0.1) is 0 Å². The van der Waals surface area contributed by atoms with E-state index in [0.29, 0.717) is 5.69 Å². The fraction of sp³-hybridized carbons (Fsp3) is 0.167. The minimum Gasteiger partial charge on any atom is -0.326 e. The third-order valence-electron chi connectivity index (χ3n) is 1.36. The van der Waals surface area contributed by atoms with Crippen LogP contribution in [0.5, 0.6) is 0 Å². The van der Waals surface area contributed by atoms with Gasteiger partial charge in [0.15, 0.2) is 0 Å². The molecule has 1 rings (SSSR count). The molecular formula is C6H7N2O5P. The molecule has 76 valence electrons. The van der Waals surface area contributed by atoms with Crippen molar-refractivity contribution in [3.8, 4) is 0 Å². The van der Waals surface area contributed by atoms with Crippen LogP contribution in [-0.2, 0) is 15.7 Å². The van der Waals surface area contributed by atoms with Gasteiger partial charge in [-0.05, 0) is 6.07 Å². The molecule has 0 aliphatic carbocycles. The van der Waals surface area contributed by atoms with Crippen LogP contribution in [0, 0.1) is 10.1 Å². The molecule has 0 spiro atoms. The lowest BCUT2D eigenvalue weighted by molar-refractivity contribution is -0.385. The molecule has 1 unspecified atom stereocenters. The van der Waals surface area contributed by atoms with Crippen LogP contribution in [0.4, 0.5) is 5.69 Å². The molecule has 1 aromatic rings. The molecule has 1 heterocycles. The van der Waals surface area contributed by atoms with Gasteiger partial charge in [0, 0.05) is 6.07 Å². The Labute approximate surface area is 79.5 Å². The first-order chi connectivity index (χ1) is 6.59. The van der Waals surface area contributed by atoms with Crippen LogP contribution in [0.1, 0.15) is 5.69 Å². The van der Waals surface area contributed by atoms with Gasteiger partial charge in [0.1, 0.15) is 6.20 Å². The fourth-order valence-corrected chi connectivity index (χ4v) is 1.02. The molecule has 1 N–H and O–H groups in total. The van der Waals surface area contributed by atoms with Crippen molar-refractivity contribution in [3.63, 3.8) is 0 Å². The highest BCUT2D eigenvalue weighted by molar-refractivity contribution is 7.32. The summed E-state index contributed by atoms with van der Waals surface area (Å²) in [4.78, 5) is 21.7. The minimum absolute atomic E-state index is 0.133. The highest BCUT2D eigenvalue weighted by atomic mass is 31.1. The Morgan fingerprint density at radius 3 is 2.79 bits per heavy atom. The quantitative estimate of drug-likeness (QED) is 0.457. The topological polar surface area (TPSA) is 103 Å². The van der Waals surface area contributed by atoms with Crippen molar-refractivity contribution in [2.24, 2.45) is 0 Å². The standard InChI is InChI=1S/C6H7N2O5P/c9-8(10)6-2-1-5(7-3-6)4-13-14(11)12/h1-3,14H,4H2,(H,11,12). The minimum atomic E-state index is -2.98. The Balaban J connectivity index is 2.64. The maximum atomic E-state index is 10.2. The van der Waals surface area contributed by atoms with Gasteiger partial charge >= 0.3 is 8.25 Å². The van der Waals surface area contributed by atoms with Gasteiger partial charge in [0.05, 0.1) is 17.2 Å². The van der Waals surface area contributed by atoms with Crippen LogP contribution >= 0.6 is 8.25 Å². The molecular weight excluding hydrogens is 211 g/mol. The predicted octanol–water partition coefficient (Wildman–Crippen LogP) is 0.888. The van der Waals surface area contributed by atoms with E-state index in [4.69, 9.17) is 4.89 Å². The summed E-state index contributed by atoms with van der Waals surface area (Å²) < 4.78 is 14.6. The Hall–Kier alpha value is -1.30. The van der Waals surface area contributed by atoms with Crippen LogP contribution in [0.15, 0.2) is 18.3 Å². The van der Waals surface area contributed by atoms with Gasteiger partial charge in [-0.2, -0.15) is 0 Å². The van der Waals surface area contributed by atoms with E-state index < -0.39 is 13.2 Å². The van der Waals surface area contributed by atoms with Gasteiger partial charge in [-0.3, -0.25) is 19.7 Å². The number of aromatic nitrogens is 1. The number of nitrogens with zero attached hydrogens (tertiary/aromatic N) is 2. The van der Waals surface area contributed by atoms with E-state index >= 15 is 0 Å². The third-order valence-corrected chi connectivity index (χ3v) is 1.75. The number of hydrogen-bond acceptors (Lipinski definition) is 5. The molecule has 8 heteroatoms. The largest absolute Gasteiger partial charge is 0.326 e. The monoisotopic (exact) mass is 218 g/mol. The van der Waals surface area contributed by atoms with Crippen LogP contribution in [-0.4, -0.2) is 14.8 Å². The average Bonchev–Trinajstić information content (AvgIpc) is 2.15. The van der Waals surface area contributed by atoms with Gasteiger partial charge in [-0.1, -0.05) is 0 Å². The first-order valence-electron chi connectivity index (χ1n) is 3.54. The molecule has 1 aromatic heterocycles. The lowest BCUT2D eigenvalue weighted by Gasteiger charge is -1.98. The molecule has 7 nitrogen and oxygen atoms in total. The zero-order chi connectivity index (χ0) is 10.6. The average molecular weight is 218 g/mol. The van der Waals surface area contributed by atoms with E-state index in [0.717, 1.165) is 6.20 Å². The first-order valence-corrected chi connectivity index (χ1v) is 4.81.